The molecule has 154 valence electrons. The van der Waals surface area contributed by atoms with Crippen LogP contribution in [0.5, 0.6) is 0 Å². The molecule has 0 spiro atoms. The number of rotatable bonds is 7. The Morgan fingerprint density at radius 1 is 1.00 bits per heavy atom. The van der Waals surface area contributed by atoms with Crippen molar-refractivity contribution in [3.05, 3.63) is 35.9 Å². The number of benzene rings is 1. The Morgan fingerprint density at radius 3 is 2.18 bits per heavy atom. The van der Waals surface area contributed by atoms with Crippen molar-refractivity contribution >= 4 is 17.8 Å². The Labute approximate surface area is 167 Å². The molecule has 1 aromatic carbocycles. The predicted octanol–water partition coefficient (Wildman–Crippen LogP) is 2.70. The second kappa shape index (κ2) is 10.8. The van der Waals surface area contributed by atoms with Crippen molar-refractivity contribution in [3.8, 4) is 0 Å². The van der Waals surface area contributed by atoms with Gasteiger partial charge in [-0.25, -0.2) is 4.79 Å². The summed E-state index contributed by atoms with van der Waals surface area (Å²) < 4.78 is 5.44. The van der Waals surface area contributed by atoms with E-state index in [1.165, 1.54) is 0 Å². The number of likely N-dealkylation sites (tertiary alicyclic amines) is 1. The Hall–Kier alpha value is -2.37. The third-order valence-electron chi connectivity index (χ3n) is 5.00. The van der Waals surface area contributed by atoms with E-state index in [1.807, 2.05) is 44.2 Å². The molecule has 6 heteroatoms. The van der Waals surface area contributed by atoms with Crippen LogP contribution in [0, 0.1) is 5.92 Å². The van der Waals surface area contributed by atoms with Crippen LogP contribution >= 0.6 is 0 Å². The van der Waals surface area contributed by atoms with Crippen molar-refractivity contribution in [1.29, 1.82) is 0 Å². The predicted molar refractivity (Wildman–Crippen MR) is 108 cm³/mol. The van der Waals surface area contributed by atoms with E-state index in [-0.39, 0.29) is 24.2 Å². The molecule has 1 fully saturated rings. The van der Waals surface area contributed by atoms with Gasteiger partial charge in [-0.3, -0.25) is 9.59 Å². The highest BCUT2D eigenvalue weighted by Crippen LogP contribution is 2.13. The summed E-state index contributed by atoms with van der Waals surface area (Å²) in [6.07, 6.45) is 3.56. The number of carbonyl (C=O) groups excluding carboxylic acids is 3. The lowest BCUT2D eigenvalue weighted by Crippen LogP contribution is -2.48. The average molecular weight is 389 g/mol. The number of hydrogen-bond donors (Lipinski definition) is 1. The molecule has 0 saturated carbocycles. The molecule has 1 heterocycles. The van der Waals surface area contributed by atoms with E-state index in [1.54, 1.807) is 11.8 Å². The number of carbonyl (C=O) groups is 3. The van der Waals surface area contributed by atoms with Crippen LogP contribution in [-0.4, -0.2) is 47.9 Å². The number of ether oxygens (including phenoxy) is 1. The highest BCUT2D eigenvalue weighted by atomic mass is 16.5. The lowest BCUT2D eigenvalue weighted by Gasteiger charge is -2.26. The quantitative estimate of drug-likeness (QED) is 0.729. The summed E-state index contributed by atoms with van der Waals surface area (Å²) in [4.78, 5) is 39.4. The van der Waals surface area contributed by atoms with Crippen LogP contribution in [0.2, 0.25) is 0 Å². The maximum atomic E-state index is 12.6. The van der Waals surface area contributed by atoms with E-state index in [4.69, 9.17) is 4.74 Å². The van der Waals surface area contributed by atoms with Crippen molar-refractivity contribution in [3.63, 3.8) is 0 Å². The van der Waals surface area contributed by atoms with E-state index in [0.29, 0.717) is 13.1 Å². The number of nitrogens with one attached hydrogen (secondary N) is 1. The fourth-order valence-electron chi connectivity index (χ4n) is 3.35. The number of hydrogen-bond acceptors (Lipinski definition) is 4. The van der Waals surface area contributed by atoms with E-state index in [2.05, 4.69) is 5.32 Å². The zero-order valence-corrected chi connectivity index (χ0v) is 17.1. The van der Waals surface area contributed by atoms with E-state index in [0.717, 1.165) is 31.2 Å². The van der Waals surface area contributed by atoms with Crippen molar-refractivity contribution in [2.45, 2.75) is 65.0 Å². The summed E-state index contributed by atoms with van der Waals surface area (Å²) in [5, 5.41) is 2.76. The minimum absolute atomic E-state index is 0.146. The summed E-state index contributed by atoms with van der Waals surface area (Å²) in [6.45, 7) is 6.71. The van der Waals surface area contributed by atoms with E-state index < -0.39 is 18.1 Å². The molecule has 2 amide bonds. The molecule has 0 aromatic heterocycles. The summed E-state index contributed by atoms with van der Waals surface area (Å²) in [6, 6.07) is 8.57. The van der Waals surface area contributed by atoms with Crippen molar-refractivity contribution in [2.24, 2.45) is 5.92 Å². The van der Waals surface area contributed by atoms with Gasteiger partial charge in [0.1, 0.15) is 6.04 Å². The van der Waals surface area contributed by atoms with Crippen molar-refractivity contribution < 1.29 is 19.1 Å². The fraction of sp³-hybridized carbons (Fsp3) is 0.591. The van der Waals surface area contributed by atoms with Crippen molar-refractivity contribution in [2.75, 3.05) is 13.1 Å². The van der Waals surface area contributed by atoms with Gasteiger partial charge in [0.05, 0.1) is 6.42 Å². The molecule has 0 radical (unpaired) electrons. The molecule has 1 aliphatic heterocycles. The number of esters is 1. The minimum atomic E-state index is -0.849. The van der Waals surface area contributed by atoms with Gasteiger partial charge < -0.3 is 15.0 Å². The Bertz CT molecular complexity index is 652. The van der Waals surface area contributed by atoms with Gasteiger partial charge in [-0.1, -0.05) is 57.0 Å². The van der Waals surface area contributed by atoms with Crippen LogP contribution in [0.25, 0.3) is 0 Å². The molecule has 1 saturated heterocycles. The molecule has 2 atom stereocenters. The van der Waals surface area contributed by atoms with Crippen LogP contribution in [0.3, 0.4) is 0 Å². The third kappa shape index (κ3) is 6.66. The highest BCUT2D eigenvalue weighted by molar-refractivity contribution is 5.88. The molecule has 1 aromatic rings. The average Bonchev–Trinajstić information content (AvgIpc) is 2.95. The summed E-state index contributed by atoms with van der Waals surface area (Å²) in [5.41, 5.74) is 0.876. The van der Waals surface area contributed by atoms with Gasteiger partial charge in [0.25, 0.3) is 5.91 Å². The minimum Gasteiger partial charge on any atom is -0.451 e. The molecule has 0 aliphatic carbocycles. The van der Waals surface area contributed by atoms with Gasteiger partial charge in [0, 0.05) is 13.1 Å². The monoisotopic (exact) mass is 388 g/mol. The first-order chi connectivity index (χ1) is 13.4. The second-order valence-corrected chi connectivity index (χ2v) is 7.77. The molecular formula is C22H32N2O4. The first-order valence-corrected chi connectivity index (χ1v) is 10.2. The SMILES string of the molecule is CC(C)[C@H](NC(=O)Cc1ccccc1)C(=O)O[C@H](C)C(=O)N1CCCCCC1. The van der Waals surface area contributed by atoms with Crippen LogP contribution in [0.15, 0.2) is 30.3 Å². The molecule has 1 aliphatic rings. The highest BCUT2D eigenvalue weighted by Gasteiger charge is 2.30. The van der Waals surface area contributed by atoms with E-state index in [9.17, 15) is 14.4 Å². The van der Waals surface area contributed by atoms with Crippen LogP contribution in [0.1, 0.15) is 52.0 Å². The number of amides is 2. The van der Waals surface area contributed by atoms with Crippen LogP contribution in [-0.2, 0) is 25.5 Å². The molecule has 6 nitrogen and oxygen atoms in total. The summed E-state index contributed by atoms with van der Waals surface area (Å²) in [7, 11) is 0. The molecule has 1 N–H and O–H groups in total. The van der Waals surface area contributed by atoms with Crippen molar-refractivity contribution in [1.82, 2.24) is 10.2 Å². The van der Waals surface area contributed by atoms with Gasteiger partial charge in [-0.2, -0.15) is 0 Å². The third-order valence-corrected chi connectivity index (χ3v) is 5.00. The number of nitrogens with zero attached hydrogens (tertiary/aromatic N) is 1. The summed E-state index contributed by atoms with van der Waals surface area (Å²) in [5.74, 6) is -1.11. The summed E-state index contributed by atoms with van der Waals surface area (Å²) >= 11 is 0. The van der Waals surface area contributed by atoms with Gasteiger partial charge in [0.15, 0.2) is 6.10 Å². The lowest BCUT2D eigenvalue weighted by atomic mass is 10.0. The first-order valence-electron chi connectivity index (χ1n) is 10.2. The normalized spacial score (nSPS) is 16.8. The Morgan fingerprint density at radius 2 is 1.61 bits per heavy atom. The topological polar surface area (TPSA) is 75.7 Å². The molecule has 2 rings (SSSR count). The maximum Gasteiger partial charge on any atom is 0.329 e. The molecule has 0 unspecified atom stereocenters. The first kappa shape index (κ1) is 21.9. The largest absolute Gasteiger partial charge is 0.451 e. The second-order valence-electron chi connectivity index (χ2n) is 7.77. The van der Waals surface area contributed by atoms with Gasteiger partial charge in [-0.15, -0.1) is 0 Å². The Kier molecular flexibility index (Phi) is 8.48. The van der Waals surface area contributed by atoms with Gasteiger partial charge in [0.2, 0.25) is 5.91 Å². The molecular weight excluding hydrogens is 356 g/mol. The zero-order chi connectivity index (χ0) is 20.5. The van der Waals surface area contributed by atoms with E-state index >= 15 is 0 Å². The van der Waals surface area contributed by atoms with Crippen LogP contribution < -0.4 is 5.32 Å². The van der Waals surface area contributed by atoms with Gasteiger partial charge in [-0.05, 0) is 31.2 Å². The molecule has 28 heavy (non-hydrogen) atoms. The zero-order valence-electron chi connectivity index (χ0n) is 17.1. The lowest BCUT2D eigenvalue weighted by molar-refractivity contribution is -0.162. The van der Waals surface area contributed by atoms with Gasteiger partial charge >= 0.3 is 5.97 Å². The van der Waals surface area contributed by atoms with Crippen LogP contribution in [0.4, 0.5) is 0 Å². The molecule has 0 bridgehead atoms. The fourth-order valence-corrected chi connectivity index (χ4v) is 3.35. The Balaban J connectivity index is 1.92. The maximum absolute atomic E-state index is 12.6. The smallest absolute Gasteiger partial charge is 0.329 e. The standard InChI is InChI=1S/C22H32N2O4/c1-16(2)20(23-19(25)15-18-11-7-6-8-12-18)22(27)28-17(3)21(26)24-13-9-4-5-10-14-24/h6-8,11-12,16-17,20H,4-5,9-10,13-15H2,1-3H3,(H,23,25)/t17-,20+/m1/s1.